The van der Waals surface area contributed by atoms with E-state index in [0.717, 1.165) is 6.07 Å². The minimum atomic E-state index is -0.548. The molecule has 0 aliphatic carbocycles. The number of hydrogen-bond donors (Lipinski definition) is 1. The molecule has 0 amide bonds. The first kappa shape index (κ1) is 10.9. The molecule has 0 heterocycles. The molecule has 0 aromatic heterocycles. The van der Waals surface area contributed by atoms with Gasteiger partial charge in [0, 0.05) is 18.7 Å². The summed E-state index contributed by atoms with van der Waals surface area (Å²) in [4.78, 5) is 0. The second-order valence-electron chi connectivity index (χ2n) is 3.18. The van der Waals surface area contributed by atoms with Crippen molar-refractivity contribution in [3.63, 3.8) is 0 Å². The van der Waals surface area contributed by atoms with E-state index in [4.69, 9.17) is 0 Å². The zero-order chi connectivity index (χ0) is 10.6. The summed E-state index contributed by atoms with van der Waals surface area (Å²) in [5.41, 5.74) is 0.594. The summed E-state index contributed by atoms with van der Waals surface area (Å²) in [5, 5.41) is 3.05. The first-order valence-corrected chi connectivity index (χ1v) is 4.42. The Hall–Kier alpha value is -1.22. The number of nitrogens with one attached hydrogen (secondary N) is 1. The minimum absolute atomic E-state index is 0.126. The molecule has 1 unspecified atom stereocenters. The molecule has 0 bridgehead atoms. The lowest BCUT2D eigenvalue weighted by molar-refractivity contribution is 0.571. The van der Waals surface area contributed by atoms with Crippen LogP contribution in [0.2, 0.25) is 0 Å². The molecule has 1 N–H and O–H groups in total. The van der Waals surface area contributed by atoms with Gasteiger partial charge in [0.2, 0.25) is 0 Å². The molecule has 76 valence electrons. The van der Waals surface area contributed by atoms with E-state index in [-0.39, 0.29) is 6.04 Å². The summed E-state index contributed by atoms with van der Waals surface area (Å²) in [5.74, 6) is -1.10. The fourth-order valence-electron chi connectivity index (χ4n) is 1.08. The van der Waals surface area contributed by atoms with Crippen molar-refractivity contribution in [2.75, 3.05) is 0 Å². The van der Waals surface area contributed by atoms with Crippen molar-refractivity contribution in [3.05, 3.63) is 48.1 Å². The van der Waals surface area contributed by atoms with Crippen molar-refractivity contribution in [2.24, 2.45) is 0 Å². The molecule has 1 atom stereocenters. The summed E-state index contributed by atoms with van der Waals surface area (Å²) in [6.45, 7) is 5.95. The van der Waals surface area contributed by atoms with Gasteiger partial charge in [-0.3, -0.25) is 0 Å². The van der Waals surface area contributed by atoms with Crippen molar-refractivity contribution in [2.45, 2.75) is 19.5 Å². The Kier molecular flexibility index (Phi) is 3.77. The molecule has 14 heavy (non-hydrogen) atoms. The number of rotatable bonds is 4. The highest BCUT2D eigenvalue weighted by Gasteiger charge is 2.01. The van der Waals surface area contributed by atoms with Crippen LogP contribution in [0.5, 0.6) is 0 Å². The fourth-order valence-corrected chi connectivity index (χ4v) is 1.08. The van der Waals surface area contributed by atoms with Gasteiger partial charge in [0.25, 0.3) is 0 Å². The standard InChI is InChI=1S/C11H13F2N/c1-3-8(2)14-7-9-4-10(12)6-11(13)5-9/h3-6,8,14H,1,7H2,2H3. The predicted molar refractivity (Wildman–Crippen MR) is 52.9 cm³/mol. The Morgan fingerprint density at radius 2 is 1.93 bits per heavy atom. The van der Waals surface area contributed by atoms with Gasteiger partial charge >= 0.3 is 0 Å². The second kappa shape index (κ2) is 4.86. The summed E-state index contributed by atoms with van der Waals surface area (Å²) in [7, 11) is 0. The van der Waals surface area contributed by atoms with Gasteiger partial charge in [-0.25, -0.2) is 8.78 Å². The minimum Gasteiger partial charge on any atom is -0.307 e. The Morgan fingerprint density at radius 3 is 2.43 bits per heavy atom. The fraction of sp³-hybridized carbons (Fsp3) is 0.273. The molecule has 0 aliphatic rings. The van der Waals surface area contributed by atoms with Crippen LogP contribution in [-0.4, -0.2) is 6.04 Å². The molecule has 0 spiro atoms. The van der Waals surface area contributed by atoms with E-state index in [2.05, 4.69) is 11.9 Å². The molecule has 1 aromatic rings. The van der Waals surface area contributed by atoms with Crippen LogP contribution in [0.1, 0.15) is 12.5 Å². The van der Waals surface area contributed by atoms with Gasteiger partial charge in [0.1, 0.15) is 11.6 Å². The monoisotopic (exact) mass is 197 g/mol. The maximum Gasteiger partial charge on any atom is 0.126 e. The van der Waals surface area contributed by atoms with E-state index in [1.807, 2.05) is 6.92 Å². The largest absolute Gasteiger partial charge is 0.307 e. The second-order valence-corrected chi connectivity index (χ2v) is 3.18. The van der Waals surface area contributed by atoms with Crippen molar-refractivity contribution in [1.29, 1.82) is 0 Å². The summed E-state index contributed by atoms with van der Waals surface area (Å²) in [6, 6.07) is 3.61. The molecule has 0 aliphatic heterocycles. The maximum atomic E-state index is 12.7. The van der Waals surface area contributed by atoms with Crippen LogP contribution in [0.25, 0.3) is 0 Å². The van der Waals surface area contributed by atoms with Crippen LogP contribution in [0.3, 0.4) is 0 Å². The van der Waals surface area contributed by atoms with E-state index >= 15 is 0 Å². The van der Waals surface area contributed by atoms with Crippen LogP contribution >= 0.6 is 0 Å². The lowest BCUT2D eigenvalue weighted by atomic mass is 10.2. The van der Waals surface area contributed by atoms with Crippen molar-refractivity contribution < 1.29 is 8.78 Å². The third kappa shape index (κ3) is 3.26. The molecule has 1 rings (SSSR count). The van der Waals surface area contributed by atoms with Gasteiger partial charge in [-0.15, -0.1) is 6.58 Å². The van der Waals surface area contributed by atoms with Crippen LogP contribution in [0.15, 0.2) is 30.9 Å². The van der Waals surface area contributed by atoms with Crippen molar-refractivity contribution >= 4 is 0 Å². The highest BCUT2D eigenvalue weighted by molar-refractivity contribution is 5.17. The van der Waals surface area contributed by atoms with E-state index in [9.17, 15) is 8.78 Å². The molecule has 1 nitrogen and oxygen atoms in total. The van der Waals surface area contributed by atoms with Crippen LogP contribution in [-0.2, 0) is 6.54 Å². The van der Waals surface area contributed by atoms with Crippen molar-refractivity contribution in [1.82, 2.24) is 5.32 Å². The van der Waals surface area contributed by atoms with Gasteiger partial charge in [-0.2, -0.15) is 0 Å². The van der Waals surface area contributed by atoms with Crippen molar-refractivity contribution in [3.8, 4) is 0 Å². The number of hydrogen-bond acceptors (Lipinski definition) is 1. The van der Waals surface area contributed by atoms with E-state index < -0.39 is 11.6 Å². The smallest absolute Gasteiger partial charge is 0.126 e. The highest BCUT2D eigenvalue weighted by atomic mass is 19.1. The first-order chi connectivity index (χ1) is 6.61. The average Bonchev–Trinajstić information content (AvgIpc) is 2.12. The Bertz CT molecular complexity index is 303. The van der Waals surface area contributed by atoms with Gasteiger partial charge in [-0.05, 0) is 24.6 Å². The molecule has 0 saturated carbocycles. The van der Waals surface area contributed by atoms with E-state index in [0.29, 0.717) is 12.1 Å². The SMILES string of the molecule is C=CC(C)NCc1cc(F)cc(F)c1. The third-order valence-corrected chi connectivity index (χ3v) is 1.90. The summed E-state index contributed by atoms with van der Waals surface area (Å²) >= 11 is 0. The number of benzene rings is 1. The molecule has 0 radical (unpaired) electrons. The zero-order valence-corrected chi connectivity index (χ0v) is 8.06. The Balaban J connectivity index is 2.62. The van der Waals surface area contributed by atoms with E-state index in [1.54, 1.807) is 6.08 Å². The Morgan fingerprint density at radius 1 is 1.36 bits per heavy atom. The number of halogens is 2. The van der Waals surface area contributed by atoms with Crippen LogP contribution < -0.4 is 5.32 Å². The molecule has 3 heteroatoms. The highest BCUT2D eigenvalue weighted by Crippen LogP contribution is 2.07. The summed E-state index contributed by atoms with van der Waals surface area (Å²) in [6.07, 6.45) is 1.73. The van der Waals surface area contributed by atoms with Gasteiger partial charge < -0.3 is 5.32 Å². The normalized spacial score (nSPS) is 12.5. The van der Waals surface area contributed by atoms with Gasteiger partial charge in [0.05, 0.1) is 0 Å². The third-order valence-electron chi connectivity index (χ3n) is 1.90. The quantitative estimate of drug-likeness (QED) is 0.732. The molecular weight excluding hydrogens is 184 g/mol. The van der Waals surface area contributed by atoms with Crippen LogP contribution in [0, 0.1) is 11.6 Å². The molecular formula is C11H13F2N. The molecule has 1 aromatic carbocycles. The predicted octanol–water partition coefficient (Wildman–Crippen LogP) is 2.63. The topological polar surface area (TPSA) is 12.0 Å². The maximum absolute atomic E-state index is 12.7. The lowest BCUT2D eigenvalue weighted by Crippen LogP contribution is -2.23. The lowest BCUT2D eigenvalue weighted by Gasteiger charge is -2.08. The average molecular weight is 197 g/mol. The van der Waals surface area contributed by atoms with Gasteiger partial charge in [-0.1, -0.05) is 6.08 Å². The Labute approximate surface area is 82.4 Å². The first-order valence-electron chi connectivity index (χ1n) is 4.42. The summed E-state index contributed by atoms with van der Waals surface area (Å²) < 4.78 is 25.5. The van der Waals surface area contributed by atoms with E-state index in [1.165, 1.54) is 12.1 Å². The van der Waals surface area contributed by atoms with Gasteiger partial charge in [0.15, 0.2) is 0 Å². The molecule has 0 saturated heterocycles. The molecule has 0 fully saturated rings. The van der Waals surface area contributed by atoms with Crippen LogP contribution in [0.4, 0.5) is 8.78 Å². The zero-order valence-electron chi connectivity index (χ0n) is 8.06.